The van der Waals surface area contributed by atoms with Gasteiger partial charge in [0.2, 0.25) is 0 Å². The Hall–Kier alpha value is -3.62. The van der Waals surface area contributed by atoms with Gasteiger partial charge in [-0.2, -0.15) is 13.2 Å². The van der Waals surface area contributed by atoms with Gasteiger partial charge in [-0.25, -0.2) is 9.97 Å². The second-order valence-corrected chi connectivity index (χ2v) is 9.74. The third-order valence-corrected chi connectivity index (χ3v) is 6.83. The van der Waals surface area contributed by atoms with Crippen molar-refractivity contribution in [2.45, 2.75) is 58.9 Å². The zero-order chi connectivity index (χ0) is 25.8. The summed E-state index contributed by atoms with van der Waals surface area (Å²) in [7, 11) is 1.58. The number of imidazole rings is 2. The second-order valence-electron chi connectivity index (χ2n) is 9.74. The number of aromatic nitrogens is 5. The third-order valence-electron chi connectivity index (χ3n) is 6.83. The van der Waals surface area contributed by atoms with Gasteiger partial charge in [0, 0.05) is 48.8 Å². The molecule has 0 radical (unpaired) electrons. The summed E-state index contributed by atoms with van der Waals surface area (Å²) in [6, 6.07) is 11.8. The van der Waals surface area contributed by atoms with E-state index in [-0.39, 0.29) is 17.8 Å². The van der Waals surface area contributed by atoms with Crippen LogP contribution in [-0.2, 0) is 26.3 Å². The van der Waals surface area contributed by atoms with Crippen LogP contribution in [0.3, 0.4) is 0 Å². The van der Waals surface area contributed by atoms with Crippen LogP contribution < -0.4 is 4.90 Å². The Bertz CT molecular complexity index is 1400. The predicted octanol–water partition coefficient (Wildman–Crippen LogP) is 6.20. The maximum atomic E-state index is 13.1. The van der Waals surface area contributed by atoms with Crippen LogP contribution >= 0.6 is 0 Å². The summed E-state index contributed by atoms with van der Waals surface area (Å²) in [6.45, 7) is 9.95. The minimum atomic E-state index is -4.47. The molecule has 0 N–H and O–H groups in total. The molecular formula is C27H29F3N6. The lowest BCUT2D eigenvalue weighted by atomic mass is 9.99. The monoisotopic (exact) mass is 494 g/mol. The van der Waals surface area contributed by atoms with Gasteiger partial charge < -0.3 is 14.0 Å². The molecule has 188 valence electrons. The fourth-order valence-corrected chi connectivity index (χ4v) is 5.00. The molecule has 3 aromatic heterocycles. The highest BCUT2D eigenvalue weighted by molar-refractivity contribution is 5.67. The van der Waals surface area contributed by atoms with E-state index in [1.165, 1.54) is 4.57 Å². The summed E-state index contributed by atoms with van der Waals surface area (Å²) in [5.41, 5.74) is 4.95. The zero-order valence-electron chi connectivity index (χ0n) is 21.0. The number of aryl methyl sites for hydroxylation is 2. The number of hydrogen-bond donors (Lipinski definition) is 0. The van der Waals surface area contributed by atoms with Gasteiger partial charge in [-0.15, -0.1) is 0 Å². The van der Waals surface area contributed by atoms with Gasteiger partial charge >= 0.3 is 6.18 Å². The van der Waals surface area contributed by atoms with Crippen molar-refractivity contribution in [1.82, 2.24) is 24.1 Å². The standard InChI is InChI=1S/C27H29F3N6/c1-16(2)24-21(7-6-12-31-24)25-22-14-35(17(3)13-36(22)18(4)32-25)20-10-8-19(9-11-20)26-33-23(15-34(26)5)27(28,29)30/h6-12,15-17H,13-14H2,1-5H3/t17-/m0/s1. The number of anilines is 1. The summed E-state index contributed by atoms with van der Waals surface area (Å²) < 4.78 is 43.0. The number of benzene rings is 1. The Labute approximate surface area is 208 Å². The topological polar surface area (TPSA) is 51.8 Å². The Morgan fingerprint density at radius 1 is 1.06 bits per heavy atom. The molecule has 5 rings (SSSR count). The van der Waals surface area contributed by atoms with Crippen LogP contribution in [0.4, 0.5) is 18.9 Å². The van der Waals surface area contributed by atoms with Crippen molar-refractivity contribution in [3.05, 3.63) is 71.7 Å². The van der Waals surface area contributed by atoms with E-state index in [9.17, 15) is 13.2 Å². The van der Waals surface area contributed by atoms with Crippen LogP contribution in [0, 0.1) is 6.92 Å². The van der Waals surface area contributed by atoms with E-state index in [1.807, 2.05) is 43.5 Å². The molecule has 0 saturated heterocycles. The molecule has 4 heterocycles. The lowest BCUT2D eigenvalue weighted by Gasteiger charge is -2.37. The molecule has 0 bridgehead atoms. The smallest absolute Gasteiger partial charge is 0.361 e. The quantitative estimate of drug-likeness (QED) is 0.339. The summed E-state index contributed by atoms with van der Waals surface area (Å²) >= 11 is 0. The molecule has 4 aromatic rings. The lowest BCUT2D eigenvalue weighted by Crippen LogP contribution is -2.41. The molecule has 1 aliphatic heterocycles. The normalized spacial score (nSPS) is 16.0. The first-order chi connectivity index (χ1) is 17.0. The average molecular weight is 495 g/mol. The van der Waals surface area contributed by atoms with Gasteiger partial charge in [-0.3, -0.25) is 4.98 Å². The van der Waals surface area contributed by atoms with E-state index in [0.29, 0.717) is 12.1 Å². The van der Waals surface area contributed by atoms with Gasteiger partial charge in [0.1, 0.15) is 11.6 Å². The third kappa shape index (κ3) is 4.16. The molecule has 1 atom stereocenters. The van der Waals surface area contributed by atoms with E-state index in [0.717, 1.165) is 46.9 Å². The molecule has 0 amide bonds. The van der Waals surface area contributed by atoms with Gasteiger partial charge in [-0.1, -0.05) is 13.8 Å². The van der Waals surface area contributed by atoms with E-state index < -0.39 is 11.9 Å². The Morgan fingerprint density at radius 3 is 2.42 bits per heavy atom. The van der Waals surface area contributed by atoms with Crippen molar-refractivity contribution in [2.24, 2.45) is 7.05 Å². The summed E-state index contributed by atoms with van der Waals surface area (Å²) in [6.07, 6.45) is -1.63. The van der Waals surface area contributed by atoms with Crippen LogP contribution in [0.2, 0.25) is 0 Å². The minimum Gasteiger partial charge on any atom is -0.361 e. The average Bonchev–Trinajstić information content (AvgIpc) is 3.38. The van der Waals surface area contributed by atoms with Crippen molar-refractivity contribution in [3.63, 3.8) is 0 Å². The van der Waals surface area contributed by atoms with E-state index in [2.05, 4.69) is 46.3 Å². The number of halogens is 3. The van der Waals surface area contributed by atoms with Crippen molar-refractivity contribution < 1.29 is 13.2 Å². The molecule has 0 saturated carbocycles. The molecule has 0 aliphatic carbocycles. The molecule has 9 heteroatoms. The highest BCUT2D eigenvalue weighted by Crippen LogP contribution is 2.36. The van der Waals surface area contributed by atoms with Crippen LogP contribution in [0.25, 0.3) is 22.6 Å². The van der Waals surface area contributed by atoms with Crippen molar-refractivity contribution in [1.29, 1.82) is 0 Å². The van der Waals surface area contributed by atoms with Gasteiger partial charge in [0.05, 0.1) is 23.6 Å². The van der Waals surface area contributed by atoms with Gasteiger partial charge in [0.25, 0.3) is 0 Å². The molecule has 6 nitrogen and oxygen atoms in total. The fraction of sp³-hybridized carbons (Fsp3) is 0.370. The fourth-order valence-electron chi connectivity index (χ4n) is 5.00. The first-order valence-electron chi connectivity index (χ1n) is 12.0. The Kier molecular flexibility index (Phi) is 5.89. The highest BCUT2D eigenvalue weighted by Gasteiger charge is 2.35. The number of alkyl halides is 3. The molecule has 36 heavy (non-hydrogen) atoms. The van der Waals surface area contributed by atoms with E-state index >= 15 is 0 Å². The number of hydrogen-bond acceptors (Lipinski definition) is 4. The Balaban J connectivity index is 1.48. The maximum absolute atomic E-state index is 13.1. The number of fused-ring (bicyclic) bond motifs is 1. The van der Waals surface area contributed by atoms with Gasteiger partial charge in [-0.05, 0) is 56.2 Å². The molecule has 0 spiro atoms. The van der Waals surface area contributed by atoms with Crippen molar-refractivity contribution >= 4 is 5.69 Å². The maximum Gasteiger partial charge on any atom is 0.434 e. The molecule has 1 aromatic carbocycles. The predicted molar refractivity (Wildman–Crippen MR) is 134 cm³/mol. The van der Waals surface area contributed by atoms with Crippen molar-refractivity contribution in [2.75, 3.05) is 4.90 Å². The molecule has 0 unspecified atom stereocenters. The second kappa shape index (κ2) is 8.80. The SMILES string of the molecule is Cc1nc(-c2cccnc2C(C)C)c2n1C[C@H](C)N(c1ccc(-c3nc(C(F)(F)F)cn3C)cc1)C2. The molecular weight excluding hydrogens is 465 g/mol. The first-order valence-corrected chi connectivity index (χ1v) is 12.0. The van der Waals surface area contributed by atoms with Crippen LogP contribution in [-0.4, -0.2) is 30.1 Å². The van der Waals surface area contributed by atoms with E-state index in [4.69, 9.17) is 4.98 Å². The van der Waals surface area contributed by atoms with Gasteiger partial charge in [0.15, 0.2) is 5.69 Å². The largest absolute Gasteiger partial charge is 0.434 e. The minimum absolute atomic E-state index is 0.215. The molecule has 0 fully saturated rings. The van der Waals surface area contributed by atoms with Crippen LogP contribution in [0.5, 0.6) is 0 Å². The van der Waals surface area contributed by atoms with Crippen LogP contribution in [0.15, 0.2) is 48.8 Å². The lowest BCUT2D eigenvalue weighted by molar-refractivity contribution is -0.140. The Morgan fingerprint density at radius 2 is 1.78 bits per heavy atom. The number of nitrogens with zero attached hydrogens (tertiary/aromatic N) is 6. The summed E-state index contributed by atoms with van der Waals surface area (Å²) in [5.74, 6) is 1.54. The highest BCUT2D eigenvalue weighted by atomic mass is 19.4. The zero-order valence-corrected chi connectivity index (χ0v) is 21.0. The summed E-state index contributed by atoms with van der Waals surface area (Å²) in [4.78, 5) is 15.7. The van der Waals surface area contributed by atoms with Crippen LogP contribution in [0.1, 0.15) is 49.6 Å². The van der Waals surface area contributed by atoms with E-state index in [1.54, 1.807) is 7.05 Å². The number of rotatable bonds is 4. The number of pyridine rings is 1. The molecule has 1 aliphatic rings. The first kappa shape index (κ1) is 24.1. The van der Waals surface area contributed by atoms with Crippen molar-refractivity contribution in [3.8, 4) is 22.6 Å². The summed E-state index contributed by atoms with van der Waals surface area (Å²) in [5, 5.41) is 0.